The SMILES string of the molecule is CC(C)(C)c1ccc(OCCN2CCNCC2)c(C2(c3ccccc3)C(=O)Nc3ccccc32)c1. The summed E-state index contributed by atoms with van der Waals surface area (Å²) in [4.78, 5) is 16.4. The average Bonchev–Trinajstić information content (AvgIpc) is 3.17. The van der Waals surface area contributed by atoms with E-state index in [1.165, 1.54) is 5.56 Å². The lowest BCUT2D eigenvalue weighted by molar-refractivity contribution is -0.118. The van der Waals surface area contributed by atoms with Crippen LogP contribution in [0.2, 0.25) is 0 Å². The Hall–Kier alpha value is -3.15. The second kappa shape index (κ2) is 9.48. The van der Waals surface area contributed by atoms with E-state index in [-0.39, 0.29) is 11.3 Å². The Morgan fingerprint density at radius 3 is 2.37 bits per heavy atom. The molecule has 3 aromatic carbocycles. The van der Waals surface area contributed by atoms with Gasteiger partial charge in [-0.3, -0.25) is 9.69 Å². The van der Waals surface area contributed by atoms with Gasteiger partial charge < -0.3 is 15.4 Å². The first-order chi connectivity index (χ1) is 16.9. The molecule has 0 aliphatic carbocycles. The lowest BCUT2D eigenvalue weighted by atomic mass is 9.68. The van der Waals surface area contributed by atoms with Gasteiger partial charge in [-0.1, -0.05) is 75.4 Å². The molecule has 1 fully saturated rings. The Morgan fingerprint density at radius 2 is 1.63 bits per heavy atom. The number of hydrogen-bond acceptors (Lipinski definition) is 4. The van der Waals surface area contributed by atoms with Crippen LogP contribution in [0, 0.1) is 0 Å². The average molecular weight is 470 g/mol. The largest absolute Gasteiger partial charge is 0.492 e. The number of para-hydroxylation sites is 1. The van der Waals surface area contributed by atoms with Crippen LogP contribution in [0.25, 0.3) is 0 Å². The van der Waals surface area contributed by atoms with Crippen molar-refractivity contribution in [3.63, 3.8) is 0 Å². The number of hydrogen-bond donors (Lipinski definition) is 2. The van der Waals surface area contributed by atoms with Crippen LogP contribution in [-0.4, -0.2) is 50.1 Å². The van der Waals surface area contributed by atoms with Crippen molar-refractivity contribution < 1.29 is 9.53 Å². The molecule has 2 aliphatic heterocycles. The molecular formula is C30H35N3O2. The number of nitrogens with zero attached hydrogens (tertiary/aromatic N) is 1. The summed E-state index contributed by atoms with van der Waals surface area (Å²) in [5.74, 6) is 0.728. The number of piperazine rings is 1. The molecule has 1 unspecified atom stereocenters. The highest BCUT2D eigenvalue weighted by molar-refractivity contribution is 6.11. The summed E-state index contributed by atoms with van der Waals surface area (Å²) < 4.78 is 6.49. The third-order valence-electron chi connectivity index (χ3n) is 7.25. The minimum Gasteiger partial charge on any atom is -0.492 e. The van der Waals surface area contributed by atoms with E-state index in [4.69, 9.17) is 4.74 Å². The van der Waals surface area contributed by atoms with E-state index in [1.54, 1.807) is 0 Å². The molecule has 5 rings (SSSR count). The van der Waals surface area contributed by atoms with Gasteiger partial charge in [-0.15, -0.1) is 0 Å². The fourth-order valence-electron chi connectivity index (χ4n) is 5.29. The fourth-order valence-corrected chi connectivity index (χ4v) is 5.29. The number of fused-ring (bicyclic) bond motifs is 1. The topological polar surface area (TPSA) is 53.6 Å². The summed E-state index contributed by atoms with van der Waals surface area (Å²) in [6, 6.07) is 24.5. The van der Waals surface area contributed by atoms with E-state index in [0.29, 0.717) is 6.61 Å². The number of rotatable bonds is 6. The van der Waals surface area contributed by atoms with E-state index in [0.717, 1.165) is 60.9 Å². The number of amides is 1. The molecule has 0 aromatic heterocycles. The summed E-state index contributed by atoms with van der Waals surface area (Å²) in [6.07, 6.45) is 0. The summed E-state index contributed by atoms with van der Waals surface area (Å²) in [5, 5.41) is 6.57. The molecule has 1 amide bonds. The van der Waals surface area contributed by atoms with Gasteiger partial charge in [-0.05, 0) is 34.7 Å². The first-order valence-electron chi connectivity index (χ1n) is 12.6. The maximum Gasteiger partial charge on any atom is 0.244 e. The molecule has 5 nitrogen and oxygen atoms in total. The van der Waals surface area contributed by atoms with Crippen LogP contribution in [0.4, 0.5) is 5.69 Å². The highest BCUT2D eigenvalue weighted by atomic mass is 16.5. The number of carbonyl (C=O) groups excluding carboxylic acids is 1. The normalized spacial score (nSPS) is 20.4. The molecule has 2 N–H and O–H groups in total. The molecule has 2 aliphatic rings. The molecular weight excluding hydrogens is 434 g/mol. The minimum absolute atomic E-state index is 0.0390. The van der Waals surface area contributed by atoms with Gasteiger partial charge in [0.15, 0.2) is 0 Å². The van der Waals surface area contributed by atoms with Gasteiger partial charge in [0.25, 0.3) is 0 Å². The summed E-state index contributed by atoms with van der Waals surface area (Å²) in [6.45, 7) is 12.1. The summed E-state index contributed by atoms with van der Waals surface area (Å²) >= 11 is 0. The van der Waals surface area contributed by atoms with Crippen LogP contribution in [-0.2, 0) is 15.6 Å². The number of benzene rings is 3. The highest BCUT2D eigenvalue weighted by Gasteiger charge is 2.51. The number of nitrogens with one attached hydrogen (secondary N) is 2. The van der Waals surface area contributed by atoms with Crippen molar-refractivity contribution in [2.75, 3.05) is 44.6 Å². The quantitative estimate of drug-likeness (QED) is 0.556. The van der Waals surface area contributed by atoms with Crippen molar-refractivity contribution in [3.05, 3.63) is 95.1 Å². The predicted molar refractivity (Wildman–Crippen MR) is 141 cm³/mol. The van der Waals surface area contributed by atoms with E-state index in [9.17, 15) is 4.79 Å². The zero-order chi connectivity index (χ0) is 24.5. The fraction of sp³-hybridized carbons (Fsp3) is 0.367. The first kappa shape index (κ1) is 23.6. The van der Waals surface area contributed by atoms with Gasteiger partial charge in [0, 0.05) is 49.5 Å². The second-order valence-electron chi connectivity index (χ2n) is 10.5. The zero-order valence-electron chi connectivity index (χ0n) is 20.9. The Bertz CT molecular complexity index is 1200. The van der Waals surface area contributed by atoms with Gasteiger partial charge in [0.2, 0.25) is 5.91 Å². The third kappa shape index (κ3) is 4.35. The van der Waals surface area contributed by atoms with Crippen LogP contribution in [0.1, 0.15) is 43.0 Å². The summed E-state index contributed by atoms with van der Waals surface area (Å²) in [5.41, 5.74) is 3.79. The zero-order valence-corrected chi connectivity index (χ0v) is 20.9. The van der Waals surface area contributed by atoms with Crippen molar-refractivity contribution in [3.8, 4) is 5.75 Å². The molecule has 1 atom stereocenters. The monoisotopic (exact) mass is 469 g/mol. The third-order valence-corrected chi connectivity index (χ3v) is 7.25. The lowest BCUT2D eigenvalue weighted by Crippen LogP contribution is -2.45. The van der Waals surface area contributed by atoms with E-state index in [2.05, 4.69) is 72.7 Å². The molecule has 0 saturated carbocycles. The lowest BCUT2D eigenvalue weighted by Gasteiger charge is -2.33. The van der Waals surface area contributed by atoms with Crippen molar-refractivity contribution in [2.45, 2.75) is 31.6 Å². The molecule has 0 spiro atoms. The highest BCUT2D eigenvalue weighted by Crippen LogP contribution is 2.51. The van der Waals surface area contributed by atoms with Crippen molar-refractivity contribution in [2.24, 2.45) is 0 Å². The maximum absolute atomic E-state index is 14.0. The number of anilines is 1. The minimum atomic E-state index is -0.983. The predicted octanol–water partition coefficient (Wildman–Crippen LogP) is 4.55. The van der Waals surface area contributed by atoms with Gasteiger partial charge in [0.1, 0.15) is 17.8 Å². The molecule has 0 radical (unpaired) electrons. The maximum atomic E-state index is 14.0. The first-order valence-corrected chi connectivity index (χ1v) is 12.6. The van der Waals surface area contributed by atoms with E-state index < -0.39 is 5.41 Å². The second-order valence-corrected chi connectivity index (χ2v) is 10.5. The van der Waals surface area contributed by atoms with Gasteiger partial charge in [-0.25, -0.2) is 0 Å². The Labute approximate surface area is 208 Å². The molecule has 2 heterocycles. The van der Waals surface area contributed by atoms with E-state index in [1.807, 2.05) is 36.4 Å². The molecule has 35 heavy (non-hydrogen) atoms. The number of ether oxygens (including phenoxy) is 1. The van der Waals surface area contributed by atoms with Crippen molar-refractivity contribution >= 4 is 11.6 Å². The molecule has 0 bridgehead atoms. The Kier molecular flexibility index (Phi) is 6.39. The van der Waals surface area contributed by atoms with Crippen molar-refractivity contribution in [1.29, 1.82) is 0 Å². The summed E-state index contributed by atoms with van der Waals surface area (Å²) in [7, 11) is 0. The molecule has 5 heteroatoms. The standard InChI is InChI=1S/C30H35N3O2/c1-29(2,3)23-13-14-27(35-20-19-33-17-15-31-16-18-33)25(21-23)30(22-9-5-4-6-10-22)24-11-7-8-12-26(24)32-28(30)34/h4-14,21,31H,15-20H2,1-3H3,(H,32,34). The molecule has 182 valence electrons. The van der Waals surface area contributed by atoms with Gasteiger partial charge >= 0.3 is 0 Å². The van der Waals surface area contributed by atoms with Crippen LogP contribution < -0.4 is 15.4 Å². The molecule has 1 saturated heterocycles. The Balaban J connectivity index is 1.64. The van der Waals surface area contributed by atoms with Crippen LogP contribution >= 0.6 is 0 Å². The van der Waals surface area contributed by atoms with E-state index >= 15 is 0 Å². The van der Waals surface area contributed by atoms with Gasteiger partial charge in [0.05, 0.1) is 0 Å². The van der Waals surface area contributed by atoms with Crippen LogP contribution in [0.3, 0.4) is 0 Å². The van der Waals surface area contributed by atoms with Crippen LogP contribution in [0.15, 0.2) is 72.8 Å². The van der Waals surface area contributed by atoms with Gasteiger partial charge in [-0.2, -0.15) is 0 Å². The van der Waals surface area contributed by atoms with Crippen LogP contribution in [0.5, 0.6) is 5.75 Å². The van der Waals surface area contributed by atoms with Crippen molar-refractivity contribution in [1.82, 2.24) is 10.2 Å². The smallest absolute Gasteiger partial charge is 0.244 e. The number of carbonyl (C=O) groups is 1. The Morgan fingerprint density at radius 1 is 0.914 bits per heavy atom. The molecule has 3 aromatic rings.